The smallest absolute Gasteiger partial charge is 0.0558 e. The molecule has 0 bridgehead atoms. The van der Waals surface area contributed by atoms with Crippen molar-refractivity contribution < 1.29 is 10.2 Å². The Morgan fingerprint density at radius 2 is 1.74 bits per heavy atom. The van der Waals surface area contributed by atoms with Gasteiger partial charge in [-0.25, -0.2) is 0 Å². The zero-order valence-electron chi connectivity index (χ0n) is 12.8. The lowest BCUT2D eigenvalue weighted by Crippen LogP contribution is -2.49. The molecule has 1 aliphatic carbocycles. The van der Waals surface area contributed by atoms with E-state index in [4.69, 9.17) is 10.2 Å². The largest absolute Gasteiger partial charge is 0.395 e. The minimum atomic E-state index is 0.170. The number of rotatable bonds is 8. The zero-order valence-corrected chi connectivity index (χ0v) is 12.8. The molecule has 0 aromatic carbocycles. The number of nitrogens with zero attached hydrogens (tertiary/aromatic N) is 1. The number of aliphatic hydroxyl groups is 2. The summed E-state index contributed by atoms with van der Waals surface area (Å²) in [5.74, 6) is 2.11. The molecule has 0 heterocycles. The van der Waals surface area contributed by atoms with E-state index in [2.05, 4.69) is 31.0 Å². The van der Waals surface area contributed by atoms with Crippen molar-refractivity contribution in [3.63, 3.8) is 0 Å². The fourth-order valence-electron chi connectivity index (χ4n) is 3.59. The van der Waals surface area contributed by atoms with Gasteiger partial charge < -0.3 is 15.5 Å². The van der Waals surface area contributed by atoms with Gasteiger partial charge in [0.05, 0.1) is 13.2 Å². The molecule has 114 valence electrons. The van der Waals surface area contributed by atoms with Crippen LogP contribution in [-0.2, 0) is 0 Å². The molecule has 4 unspecified atom stereocenters. The van der Waals surface area contributed by atoms with E-state index in [1.165, 1.54) is 12.8 Å². The van der Waals surface area contributed by atoms with Crippen LogP contribution in [0.4, 0.5) is 0 Å². The Balaban J connectivity index is 2.63. The van der Waals surface area contributed by atoms with Crippen molar-refractivity contribution in [2.24, 2.45) is 17.8 Å². The van der Waals surface area contributed by atoms with Gasteiger partial charge >= 0.3 is 0 Å². The number of hydrogen-bond acceptors (Lipinski definition) is 4. The van der Waals surface area contributed by atoms with Crippen LogP contribution < -0.4 is 5.32 Å². The second-order valence-electron chi connectivity index (χ2n) is 6.13. The summed E-state index contributed by atoms with van der Waals surface area (Å²) in [6.45, 7) is 10.5. The Hall–Kier alpha value is -0.160. The highest BCUT2D eigenvalue weighted by Gasteiger charge is 2.34. The number of hydrogen-bond donors (Lipinski definition) is 3. The van der Waals surface area contributed by atoms with Crippen LogP contribution in [0.3, 0.4) is 0 Å². The summed E-state index contributed by atoms with van der Waals surface area (Å²) in [7, 11) is 0. The first-order valence-corrected chi connectivity index (χ1v) is 7.79. The third-order valence-corrected chi connectivity index (χ3v) is 4.45. The molecule has 0 spiro atoms. The lowest BCUT2D eigenvalue weighted by Gasteiger charge is -2.42. The van der Waals surface area contributed by atoms with Gasteiger partial charge in [0, 0.05) is 25.7 Å². The first-order chi connectivity index (χ1) is 9.12. The molecule has 1 fully saturated rings. The van der Waals surface area contributed by atoms with Crippen LogP contribution in [0.25, 0.3) is 0 Å². The molecule has 0 amide bonds. The van der Waals surface area contributed by atoms with Gasteiger partial charge in [-0.2, -0.15) is 0 Å². The summed E-state index contributed by atoms with van der Waals surface area (Å²) in [5.41, 5.74) is 0. The van der Waals surface area contributed by atoms with Crippen LogP contribution in [0, 0.1) is 17.8 Å². The van der Waals surface area contributed by atoms with E-state index in [-0.39, 0.29) is 13.2 Å². The van der Waals surface area contributed by atoms with Crippen LogP contribution in [-0.4, -0.2) is 60.5 Å². The molecule has 0 aromatic rings. The molecule has 19 heavy (non-hydrogen) atoms. The zero-order chi connectivity index (χ0) is 14.3. The highest BCUT2D eigenvalue weighted by Crippen LogP contribution is 2.34. The molecule has 1 saturated carbocycles. The van der Waals surface area contributed by atoms with Gasteiger partial charge in [-0.1, -0.05) is 20.8 Å². The molecule has 0 saturated heterocycles. The number of aliphatic hydroxyl groups excluding tert-OH is 2. The van der Waals surface area contributed by atoms with Crippen molar-refractivity contribution in [3.05, 3.63) is 0 Å². The van der Waals surface area contributed by atoms with E-state index in [0.29, 0.717) is 31.0 Å². The highest BCUT2D eigenvalue weighted by molar-refractivity contribution is 4.89. The van der Waals surface area contributed by atoms with Gasteiger partial charge in [0.15, 0.2) is 0 Å². The second-order valence-corrected chi connectivity index (χ2v) is 6.13. The third kappa shape index (κ3) is 5.38. The van der Waals surface area contributed by atoms with E-state index < -0.39 is 0 Å². The number of nitrogens with one attached hydrogen (secondary N) is 1. The third-order valence-electron chi connectivity index (χ3n) is 4.45. The Kier molecular flexibility index (Phi) is 7.91. The highest BCUT2D eigenvalue weighted by atomic mass is 16.3. The van der Waals surface area contributed by atoms with Gasteiger partial charge in [-0.05, 0) is 37.1 Å². The van der Waals surface area contributed by atoms with E-state index in [1.807, 2.05) is 0 Å². The SMILES string of the molecule is CCNC1CC(C)CC(C)C1CN(CCO)CCO. The molecule has 3 N–H and O–H groups in total. The maximum absolute atomic E-state index is 9.13. The van der Waals surface area contributed by atoms with Crippen LogP contribution >= 0.6 is 0 Å². The summed E-state index contributed by atoms with van der Waals surface area (Å²) < 4.78 is 0. The topological polar surface area (TPSA) is 55.7 Å². The normalized spacial score (nSPS) is 31.9. The molecule has 4 nitrogen and oxygen atoms in total. The molecule has 0 aliphatic heterocycles. The van der Waals surface area contributed by atoms with Crippen LogP contribution in [0.5, 0.6) is 0 Å². The van der Waals surface area contributed by atoms with Crippen molar-refractivity contribution in [1.29, 1.82) is 0 Å². The van der Waals surface area contributed by atoms with E-state index >= 15 is 0 Å². The fourth-order valence-corrected chi connectivity index (χ4v) is 3.59. The van der Waals surface area contributed by atoms with Crippen molar-refractivity contribution in [1.82, 2.24) is 10.2 Å². The van der Waals surface area contributed by atoms with Crippen molar-refractivity contribution in [3.8, 4) is 0 Å². The van der Waals surface area contributed by atoms with Gasteiger partial charge in [0.2, 0.25) is 0 Å². The summed E-state index contributed by atoms with van der Waals surface area (Å²) in [6, 6.07) is 0.573. The molecule has 0 radical (unpaired) electrons. The monoisotopic (exact) mass is 272 g/mol. The summed E-state index contributed by atoms with van der Waals surface area (Å²) in [6.07, 6.45) is 2.54. The predicted molar refractivity (Wildman–Crippen MR) is 79.1 cm³/mol. The van der Waals surface area contributed by atoms with E-state index in [9.17, 15) is 0 Å². The van der Waals surface area contributed by atoms with Gasteiger partial charge in [0.25, 0.3) is 0 Å². The molecule has 4 atom stereocenters. The predicted octanol–water partition coefficient (Wildman–Crippen LogP) is 0.933. The van der Waals surface area contributed by atoms with Gasteiger partial charge in [0.1, 0.15) is 0 Å². The van der Waals surface area contributed by atoms with Gasteiger partial charge in [-0.15, -0.1) is 0 Å². The summed E-state index contributed by atoms with van der Waals surface area (Å²) in [5, 5.41) is 21.9. The first kappa shape index (κ1) is 16.9. The first-order valence-electron chi connectivity index (χ1n) is 7.79. The second kappa shape index (κ2) is 8.90. The van der Waals surface area contributed by atoms with Crippen molar-refractivity contribution in [2.45, 2.75) is 39.7 Å². The summed E-state index contributed by atoms with van der Waals surface area (Å²) >= 11 is 0. The Labute approximate surface area is 118 Å². The van der Waals surface area contributed by atoms with Crippen LogP contribution in [0.1, 0.15) is 33.6 Å². The maximum atomic E-state index is 9.13. The van der Waals surface area contributed by atoms with E-state index in [0.717, 1.165) is 19.0 Å². The lowest BCUT2D eigenvalue weighted by atomic mass is 9.72. The quantitative estimate of drug-likeness (QED) is 0.615. The van der Waals surface area contributed by atoms with E-state index in [1.54, 1.807) is 0 Å². The molecular weight excluding hydrogens is 240 g/mol. The van der Waals surface area contributed by atoms with Crippen LogP contribution in [0.2, 0.25) is 0 Å². The summed E-state index contributed by atoms with van der Waals surface area (Å²) in [4.78, 5) is 2.20. The van der Waals surface area contributed by atoms with Crippen LogP contribution in [0.15, 0.2) is 0 Å². The molecular formula is C15H32N2O2. The molecule has 1 rings (SSSR count). The Morgan fingerprint density at radius 3 is 2.26 bits per heavy atom. The average Bonchev–Trinajstić information content (AvgIpc) is 2.34. The standard InChI is InChI=1S/C15H32N2O2/c1-4-16-15-10-12(2)9-13(3)14(15)11-17(5-7-18)6-8-19/h12-16,18-19H,4-11H2,1-3H3. The minimum absolute atomic E-state index is 0.170. The minimum Gasteiger partial charge on any atom is -0.395 e. The van der Waals surface area contributed by atoms with Crippen molar-refractivity contribution >= 4 is 0 Å². The lowest BCUT2D eigenvalue weighted by molar-refractivity contribution is 0.0812. The molecule has 0 aromatic heterocycles. The molecule has 1 aliphatic rings. The fraction of sp³-hybridized carbons (Fsp3) is 1.00. The maximum Gasteiger partial charge on any atom is 0.0558 e. The average molecular weight is 272 g/mol. The molecule has 4 heteroatoms. The van der Waals surface area contributed by atoms with Gasteiger partial charge in [-0.3, -0.25) is 4.90 Å². The van der Waals surface area contributed by atoms with Crippen molar-refractivity contribution in [2.75, 3.05) is 39.4 Å². The Morgan fingerprint density at radius 1 is 1.11 bits per heavy atom. The Bertz CT molecular complexity index is 232.